The first-order valence-corrected chi connectivity index (χ1v) is 11.0. The maximum atomic E-state index is 12.3. The lowest BCUT2D eigenvalue weighted by molar-refractivity contribution is -0.135. The normalized spacial score (nSPS) is 11.5. The number of hydrogen-bond acceptors (Lipinski definition) is 3. The molecule has 3 heteroatoms. The zero-order valence-corrected chi connectivity index (χ0v) is 18.1. The fourth-order valence-corrected chi connectivity index (χ4v) is 3.23. The topological polar surface area (TPSA) is 29.5 Å². The van der Waals surface area contributed by atoms with Gasteiger partial charge in [-0.15, -0.1) is 0 Å². The molecule has 0 aromatic heterocycles. The lowest BCUT2D eigenvalue weighted by Gasteiger charge is -2.21. The second kappa shape index (κ2) is 14.7. The van der Waals surface area contributed by atoms with E-state index in [0.717, 1.165) is 37.8 Å². The smallest absolute Gasteiger partial charge is 0.325 e. The maximum Gasteiger partial charge on any atom is 0.325 e. The molecule has 0 amide bonds. The Hall–Kier alpha value is -1.35. The standard InChI is InChI=1S/C24H41NO2/c1-21(2)14-8-6-12-18-25(19-13-7-9-15-22(3)4)20-24(26)27-23-16-10-5-11-17-23/h5,10-11,16-17,21-22H,6-9,12-15,18-20H2,1-4H3. The van der Waals surface area contributed by atoms with E-state index in [9.17, 15) is 4.79 Å². The van der Waals surface area contributed by atoms with Crippen molar-refractivity contribution in [3.63, 3.8) is 0 Å². The van der Waals surface area contributed by atoms with Crippen LogP contribution in [0.1, 0.15) is 79.1 Å². The molecule has 0 heterocycles. The minimum absolute atomic E-state index is 0.148. The van der Waals surface area contributed by atoms with E-state index in [1.54, 1.807) is 0 Å². The molecule has 0 radical (unpaired) electrons. The molecule has 1 rings (SSSR count). The minimum atomic E-state index is -0.148. The van der Waals surface area contributed by atoms with Crippen molar-refractivity contribution in [2.45, 2.75) is 79.1 Å². The van der Waals surface area contributed by atoms with Gasteiger partial charge in [-0.1, -0.05) is 84.4 Å². The predicted octanol–water partition coefficient (Wildman–Crippen LogP) is 6.33. The fourth-order valence-electron chi connectivity index (χ4n) is 3.23. The van der Waals surface area contributed by atoms with Gasteiger partial charge in [-0.2, -0.15) is 0 Å². The van der Waals surface area contributed by atoms with Gasteiger partial charge in [0.15, 0.2) is 0 Å². The summed E-state index contributed by atoms with van der Waals surface area (Å²) in [4.78, 5) is 14.6. The number of rotatable bonds is 15. The quantitative estimate of drug-likeness (QED) is 0.204. The van der Waals surface area contributed by atoms with Crippen molar-refractivity contribution >= 4 is 5.97 Å². The molecule has 154 valence electrons. The SMILES string of the molecule is CC(C)CCCCCN(CCCCCC(C)C)CC(=O)Oc1ccccc1. The molecule has 0 bridgehead atoms. The van der Waals surface area contributed by atoms with Crippen LogP contribution in [0.3, 0.4) is 0 Å². The minimum Gasteiger partial charge on any atom is -0.426 e. The van der Waals surface area contributed by atoms with E-state index in [2.05, 4.69) is 32.6 Å². The highest BCUT2D eigenvalue weighted by Crippen LogP contribution is 2.12. The summed E-state index contributed by atoms with van der Waals surface area (Å²) in [6.07, 6.45) is 9.99. The molecule has 0 aliphatic rings. The van der Waals surface area contributed by atoms with Crippen molar-refractivity contribution in [3.8, 4) is 5.75 Å². The predicted molar refractivity (Wildman–Crippen MR) is 115 cm³/mol. The molecule has 3 nitrogen and oxygen atoms in total. The highest BCUT2D eigenvalue weighted by Gasteiger charge is 2.12. The molecule has 0 aliphatic carbocycles. The molecule has 1 aromatic rings. The molecular formula is C24H41NO2. The lowest BCUT2D eigenvalue weighted by Crippen LogP contribution is -2.34. The molecule has 0 saturated carbocycles. The summed E-state index contributed by atoms with van der Waals surface area (Å²) < 4.78 is 5.48. The number of para-hydroxylation sites is 1. The van der Waals surface area contributed by atoms with Crippen LogP contribution in [0.2, 0.25) is 0 Å². The van der Waals surface area contributed by atoms with Crippen molar-refractivity contribution in [1.82, 2.24) is 4.90 Å². The van der Waals surface area contributed by atoms with E-state index in [0.29, 0.717) is 12.3 Å². The van der Waals surface area contributed by atoms with Crippen molar-refractivity contribution in [1.29, 1.82) is 0 Å². The summed E-state index contributed by atoms with van der Waals surface area (Å²) >= 11 is 0. The number of nitrogens with zero attached hydrogens (tertiary/aromatic N) is 1. The van der Waals surface area contributed by atoms with E-state index in [4.69, 9.17) is 4.74 Å². The van der Waals surface area contributed by atoms with E-state index in [1.807, 2.05) is 30.3 Å². The third-order valence-electron chi connectivity index (χ3n) is 4.84. The Morgan fingerprint density at radius 2 is 1.33 bits per heavy atom. The Morgan fingerprint density at radius 3 is 1.81 bits per heavy atom. The molecule has 0 atom stereocenters. The van der Waals surface area contributed by atoms with Crippen molar-refractivity contribution < 1.29 is 9.53 Å². The molecule has 0 spiro atoms. The molecule has 0 saturated heterocycles. The Morgan fingerprint density at radius 1 is 0.815 bits per heavy atom. The molecule has 0 unspecified atom stereocenters. The van der Waals surface area contributed by atoms with Crippen LogP contribution in [0.5, 0.6) is 5.75 Å². The van der Waals surface area contributed by atoms with Crippen molar-refractivity contribution in [2.75, 3.05) is 19.6 Å². The van der Waals surface area contributed by atoms with Crippen LogP contribution >= 0.6 is 0 Å². The van der Waals surface area contributed by atoms with Gasteiger partial charge in [-0.25, -0.2) is 0 Å². The summed E-state index contributed by atoms with van der Waals surface area (Å²) in [7, 11) is 0. The third-order valence-corrected chi connectivity index (χ3v) is 4.84. The number of benzene rings is 1. The van der Waals surface area contributed by atoms with E-state index in [-0.39, 0.29) is 5.97 Å². The Bertz CT molecular complexity index is 466. The first-order chi connectivity index (χ1) is 13.0. The van der Waals surface area contributed by atoms with E-state index >= 15 is 0 Å². The van der Waals surface area contributed by atoms with Gasteiger partial charge < -0.3 is 4.74 Å². The van der Waals surface area contributed by atoms with Gasteiger partial charge in [0.05, 0.1) is 6.54 Å². The summed E-state index contributed by atoms with van der Waals surface area (Å²) in [5, 5.41) is 0. The zero-order chi connectivity index (χ0) is 19.9. The maximum absolute atomic E-state index is 12.3. The number of unbranched alkanes of at least 4 members (excludes halogenated alkanes) is 4. The lowest BCUT2D eigenvalue weighted by atomic mass is 10.0. The van der Waals surface area contributed by atoms with Gasteiger partial charge in [-0.3, -0.25) is 9.69 Å². The molecule has 0 N–H and O–H groups in total. The van der Waals surface area contributed by atoms with Crippen LogP contribution in [0.25, 0.3) is 0 Å². The van der Waals surface area contributed by atoms with Crippen molar-refractivity contribution in [3.05, 3.63) is 30.3 Å². The Labute approximate surface area is 167 Å². The van der Waals surface area contributed by atoms with Gasteiger partial charge in [0.1, 0.15) is 5.75 Å². The number of esters is 1. The second-order valence-electron chi connectivity index (χ2n) is 8.55. The number of carbonyl (C=O) groups excluding carboxylic acids is 1. The van der Waals surface area contributed by atoms with Crippen LogP contribution in [0.15, 0.2) is 30.3 Å². The first kappa shape index (κ1) is 23.7. The highest BCUT2D eigenvalue weighted by atomic mass is 16.5. The van der Waals surface area contributed by atoms with E-state index < -0.39 is 0 Å². The van der Waals surface area contributed by atoms with Gasteiger partial charge in [0.2, 0.25) is 0 Å². The highest BCUT2D eigenvalue weighted by molar-refractivity contribution is 5.74. The van der Waals surface area contributed by atoms with Crippen LogP contribution in [-0.4, -0.2) is 30.5 Å². The largest absolute Gasteiger partial charge is 0.426 e. The summed E-state index contributed by atoms with van der Waals surface area (Å²) in [5.41, 5.74) is 0. The average molecular weight is 376 g/mol. The van der Waals surface area contributed by atoms with Crippen LogP contribution in [-0.2, 0) is 4.79 Å². The van der Waals surface area contributed by atoms with Crippen LogP contribution < -0.4 is 4.74 Å². The van der Waals surface area contributed by atoms with Crippen LogP contribution in [0, 0.1) is 11.8 Å². The third kappa shape index (κ3) is 13.5. The van der Waals surface area contributed by atoms with Crippen molar-refractivity contribution in [2.24, 2.45) is 11.8 Å². The number of hydrogen-bond donors (Lipinski definition) is 0. The number of carbonyl (C=O) groups is 1. The molecule has 0 fully saturated rings. The number of ether oxygens (including phenoxy) is 1. The summed E-state index contributed by atoms with van der Waals surface area (Å²) in [5.74, 6) is 2.05. The van der Waals surface area contributed by atoms with Gasteiger partial charge in [-0.05, 0) is 49.9 Å². The Kier molecular flexibility index (Phi) is 12.9. The second-order valence-corrected chi connectivity index (χ2v) is 8.55. The molecule has 27 heavy (non-hydrogen) atoms. The first-order valence-electron chi connectivity index (χ1n) is 11.0. The summed E-state index contributed by atoms with van der Waals surface area (Å²) in [6, 6.07) is 9.38. The van der Waals surface area contributed by atoms with E-state index in [1.165, 1.54) is 38.5 Å². The van der Waals surface area contributed by atoms with Gasteiger partial charge in [0, 0.05) is 0 Å². The zero-order valence-electron chi connectivity index (χ0n) is 18.1. The van der Waals surface area contributed by atoms with Crippen LogP contribution in [0.4, 0.5) is 0 Å². The van der Waals surface area contributed by atoms with Gasteiger partial charge in [0.25, 0.3) is 0 Å². The van der Waals surface area contributed by atoms with Gasteiger partial charge >= 0.3 is 5.97 Å². The Balaban J connectivity index is 2.36. The molecule has 1 aromatic carbocycles. The molecule has 0 aliphatic heterocycles. The monoisotopic (exact) mass is 375 g/mol. The average Bonchev–Trinajstić information content (AvgIpc) is 2.61. The molecular weight excluding hydrogens is 334 g/mol. The summed E-state index contributed by atoms with van der Waals surface area (Å²) in [6.45, 7) is 11.5. The fraction of sp³-hybridized carbons (Fsp3) is 0.708.